The lowest BCUT2D eigenvalue weighted by molar-refractivity contribution is 0.0526. The Morgan fingerprint density at radius 1 is 1.05 bits per heavy atom. The van der Waals surface area contributed by atoms with E-state index in [-0.39, 0.29) is 0 Å². The van der Waals surface area contributed by atoms with Crippen molar-refractivity contribution >= 4 is 17.6 Å². The van der Waals surface area contributed by atoms with Crippen LogP contribution in [-0.2, 0) is 9.47 Å². The first-order valence-electron chi connectivity index (χ1n) is 7.40. The van der Waals surface area contributed by atoms with E-state index in [2.05, 4.69) is 4.90 Å². The molecule has 0 N–H and O–H groups in total. The predicted molar refractivity (Wildman–Crippen MR) is 79.8 cm³/mol. The van der Waals surface area contributed by atoms with Gasteiger partial charge in [-0.25, -0.2) is 9.59 Å². The fourth-order valence-electron chi connectivity index (χ4n) is 2.48. The molecule has 1 aromatic carbocycles. The lowest BCUT2D eigenvalue weighted by Crippen LogP contribution is -2.22. The van der Waals surface area contributed by atoms with E-state index >= 15 is 0 Å². The maximum Gasteiger partial charge on any atom is 0.340 e. The molecule has 1 aliphatic heterocycles. The molecule has 0 unspecified atom stereocenters. The fraction of sp³-hybridized carbons (Fsp3) is 0.500. The average molecular weight is 291 g/mol. The van der Waals surface area contributed by atoms with Crippen molar-refractivity contribution < 1.29 is 19.1 Å². The smallest absolute Gasteiger partial charge is 0.340 e. The van der Waals surface area contributed by atoms with Gasteiger partial charge in [0.1, 0.15) is 0 Å². The van der Waals surface area contributed by atoms with E-state index in [1.807, 2.05) is 6.07 Å². The highest BCUT2D eigenvalue weighted by Crippen LogP contribution is 2.26. The highest BCUT2D eigenvalue weighted by molar-refractivity contribution is 6.00. The second-order valence-corrected chi connectivity index (χ2v) is 4.87. The summed E-state index contributed by atoms with van der Waals surface area (Å²) in [6.45, 7) is 5.98. The van der Waals surface area contributed by atoms with Crippen molar-refractivity contribution in [1.82, 2.24) is 0 Å². The summed E-state index contributed by atoms with van der Waals surface area (Å²) in [5.74, 6) is -0.818. The topological polar surface area (TPSA) is 55.8 Å². The first-order valence-corrected chi connectivity index (χ1v) is 7.40. The van der Waals surface area contributed by atoms with E-state index in [0.29, 0.717) is 24.3 Å². The van der Waals surface area contributed by atoms with Gasteiger partial charge in [0.15, 0.2) is 0 Å². The second-order valence-electron chi connectivity index (χ2n) is 4.87. The monoisotopic (exact) mass is 291 g/mol. The van der Waals surface area contributed by atoms with Gasteiger partial charge in [-0.2, -0.15) is 0 Å². The van der Waals surface area contributed by atoms with Gasteiger partial charge in [0, 0.05) is 13.1 Å². The molecule has 0 aromatic heterocycles. The maximum absolute atomic E-state index is 12.2. The van der Waals surface area contributed by atoms with E-state index in [1.54, 1.807) is 26.0 Å². The van der Waals surface area contributed by atoms with Crippen LogP contribution in [0, 0.1) is 0 Å². The Kier molecular flexibility index (Phi) is 5.20. The van der Waals surface area contributed by atoms with E-state index in [1.165, 1.54) is 0 Å². The first-order chi connectivity index (χ1) is 10.2. The summed E-state index contributed by atoms with van der Waals surface area (Å²) in [6.07, 6.45) is 2.23. The SMILES string of the molecule is CCOC(=O)c1ccc(N2CCCC2)c(C(=O)OCC)c1. The number of nitrogens with zero attached hydrogens (tertiary/aromatic N) is 1. The van der Waals surface area contributed by atoms with E-state index < -0.39 is 11.9 Å². The Morgan fingerprint density at radius 2 is 1.67 bits per heavy atom. The largest absolute Gasteiger partial charge is 0.462 e. The molecule has 114 valence electrons. The number of carbonyl (C=O) groups is 2. The lowest BCUT2D eigenvalue weighted by Gasteiger charge is -2.21. The molecule has 0 atom stereocenters. The zero-order valence-corrected chi connectivity index (χ0v) is 12.6. The van der Waals surface area contributed by atoms with Crippen molar-refractivity contribution in [1.29, 1.82) is 0 Å². The minimum absolute atomic E-state index is 0.307. The molecule has 1 fully saturated rings. The number of carbonyl (C=O) groups excluding carboxylic acids is 2. The predicted octanol–water partition coefficient (Wildman–Crippen LogP) is 2.64. The fourth-order valence-corrected chi connectivity index (χ4v) is 2.48. The van der Waals surface area contributed by atoms with Gasteiger partial charge in [-0.15, -0.1) is 0 Å². The number of benzene rings is 1. The Hall–Kier alpha value is -2.04. The summed E-state index contributed by atoms with van der Waals surface area (Å²) in [6, 6.07) is 5.09. The second kappa shape index (κ2) is 7.11. The van der Waals surface area contributed by atoms with Crippen molar-refractivity contribution in [2.45, 2.75) is 26.7 Å². The van der Waals surface area contributed by atoms with Crippen molar-refractivity contribution in [3.8, 4) is 0 Å². The highest BCUT2D eigenvalue weighted by atomic mass is 16.5. The van der Waals surface area contributed by atoms with Gasteiger partial charge < -0.3 is 14.4 Å². The Labute approximate surface area is 124 Å². The third-order valence-electron chi connectivity index (χ3n) is 3.45. The van der Waals surface area contributed by atoms with Gasteiger partial charge in [-0.1, -0.05) is 0 Å². The van der Waals surface area contributed by atoms with Crippen LogP contribution >= 0.6 is 0 Å². The van der Waals surface area contributed by atoms with Gasteiger partial charge in [-0.3, -0.25) is 0 Å². The molecular formula is C16H21NO4. The summed E-state index contributed by atoms with van der Waals surface area (Å²) in [5.41, 5.74) is 1.64. The van der Waals surface area contributed by atoms with Gasteiger partial charge in [0.05, 0.1) is 30.0 Å². The summed E-state index contributed by atoms with van der Waals surface area (Å²) >= 11 is 0. The van der Waals surface area contributed by atoms with E-state index in [0.717, 1.165) is 31.6 Å². The number of anilines is 1. The molecule has 1 aliphatic rings. The average Bonchev–Trinajstić information content (AvgIpc) is 3.01. The minimum atomic E-state index is -0.420. The Bertz CT molecular complexity index is 521. The van der Waals surface area contributed by atoms with Gasteiger partial charge >= 0.3 is 11.9 Å². The molecule has 21 heavy (non-hydrogen) atoms. The van der Waals surface area contributed by atoms with E-state index in [9.17, 15) is 9.59 Å². The van der Waals surface area contributed by atoms with Gasteiger partial charge in [0.2, 0.25) is 0 Å². The number of esters is 2. The van der Waals surface area contributed by atoms with Crippen LogP contribution in [0.2, 0.25) is 0 Å². The zero-order chi connectivity index (χ0) is 15.2. The van der Waals surface area contributed by atoms with Crippen LogP contribution in [0.25, 0.3) is 0 Å². The molecule has 0 spiro atoms. The third kappa shape index (κ3) is 3.54. The minimum Gasteiger partial charge on any atom is -0.462 e. The van der Waals surface area contributed by atoms with Crippen molar-refractivity contribution in [2.24, 2.45) is 0 Å². The molecule has 0 bridgehead atoms. The van der Waals surface area contributed by atoms with Crippen LogP contribution in [0.5, 0.6) is 0 Å². The first kappa shape index (κ1) is 15.4. The van der Waals surface area contributed by atoms with Crippen LogP contribution in [0.4, 0.5) is 5.69 Å². The molecule has 2 rings (SSSR count). The Balaban J connectivity index is 2.35. The van der Waals surface area contributed by atoms with Crippen LogP contribution in [0.3, 0.4) is 0 Å². The van der Waals surface area contributed by atoms with Crippen LogP contribution in [0.15, 0.2) is 18.2 Å². The number of hydrogen-bond acceptors (Lipinski definition) is 5. The zero-order valence-electron chi connectivity index (χ0n) is 12.6. The standard InChI is InChI=1S/C16H21NO4/c1-3-20-15(18)12-7-8-14(17-9-5-6-10-17)13(11-12)16(19)21-4-2/h7-8,11H,3-6,9-10H2,1-2H3. The molecular weight excluding hydrogens is 270 g/mol. The molecule has 0 radical (unpaired) electrons. The number of ether oxygens (including phenoxy) is 2. The van der Waals surface area contributed by atoms with Crippen molar-refractivity contribution in [3.63, 3.8) is 0 Å². The summed E-state index contributed by atoms with van der Waals surface area (Å²) in [4.78, 5) is 26.1. The molecule has 0 aliphatic carbocycles. The Morgan fingerprint density at radius 3 is 2.29 bits per heavy atom. The quantitative estimate of drug-likeness (QED) is 0.781. The maximum atomic E-state index is 12.2. The molecule has 5 heteroatoms. The molecule has 1 aromatic rings. The number of hydrogen-bond donors (Lipinski definition) is 0. The van der Waals surface area contributed by atoms with Crippen LogP contribution in [0.1, 0.15) is 47.4 Å². The summed E-state index contributed by atoms with van der Waals surface area (Å²) in [5, 5.41) is 0. The lowest BCUT2D eigenvalue weighted by atomic mass is 10.1. The van der Waals surface area contributed by atoms with Crippen LogP contribution < -0.4 is 4.90 Å². The molecule has 0 saturated carbocycles. The molecule has 0 amide bonds. The normalized spacial score (nSPS) is 14.1. The number of rotatable bonds is 5. The van der Waals surface area contributed by atoms with Gasteiger partial charge in [-0.05, 0) is 44.9 Å². The van der Waals surface area contributed by atoms with Crippen molar-refractivity contribution in [3.05, 3.63) is 29.3 Å². The third-order valence-corrected chi connectivity index (χ3v) is 3.45. The van der Waals surface area contributed by atoms with Crippen LogP contribution in [-0.4, -0.2) is 38.2 Å². The van der Waals surface area contributed by atoms with E-state index in [4.69, 9.17) is 9.47 Å². The summed E-state index contributed by atoms with van der Waals surface area (Å²) in [7, 11) is 0. The molecule has 1 heterocycles. The van der Waals surface area contributed by atoms with Gasteiger partial charge in [0.25, 0.3) is 0 Å². The highest BCUT2D eigenvalue weighted by Gasteiger charge is 2.22. The molecule has 5 nitrogen and oxygen atoms in total. The summed E-state index contributed by atoms with van der Waals surface area (Å²) < 4.78 is 10.1. The molecule has 1 saturated heterocycles. The van der Waals surface area contributed by atoms with Crippen molar-refractivity contribution in [2.75, 3.05) is 31.2 Å².